The van der Waals surface area contributed by atoms with E-state index >= 15 is 0 Å². The van der Waals surface area contributed by atoms with Crippen molar-refractivity contribution in [3.8, 4) is 0 Å². The van der Waals surface area contributed by atoms with Crippen LogP contribution in [0.25, 0.3) is 0 Å². The highest BCUT2D eigenvalue weighted by atomic mass is 16.5. The number of piperazine rings is 1. The summed E-state index contributed by atoms with van der Waals surface area (Å²) in [6.45, 7) is 6.81. The average Bonchev–Trinajstić information content (AvgIpc) is 3.50. The number of likely N-dealkylation sites (N-methyl/N-ethyl adjacent to an activating group) is 1. The molecule has 3 aliphatic heterocycles. The molecule has 0 N–H and O–H groups in total. The Hall–Kier alpha value is -1.34. The predicted molar refractivity (Wildman–Crippen MR) is 97.9 cm³/mol. The van der Waals surface area contributed by atoms with Gasteiger partial charge < -0.3 is 19.4 Å². The Morgan fingerprint density at radius 1 is 1.08 bits per heavy atom. The third-order valence-corrected chi connectivity index (χ3v) is 6.73. The number of ether oxygens (including phenoxy) is 1. The van der Waals surface area contributed by atoms with Crippen molar-refractivity contribution in [2.24, 2.45) is 5.92 Å². The summed E-state index contributed by atoms with van der Waals surface area (Å²) in [6, 6.07) is 0.145. The van der Waals surface area contributed by atoms with E-state index in [1.54, 1.807) is 0 Å². The number of rotatable bonds is 2. The Bertz CT molecular complexity index is 547. The lowest BCUT2D eigenvalue weighted by atomic mass is 9.86. The van der Waals surface area contributed by atoms with E-state index < -0.39 is 0 Å². The van der Waals surface area contributed by atoms with Gasteiger partial charge in [-0.1, -0.05) is 0 Å². The second-order valence-corrected chi connectivity index (χ2v) is 8.48. The number of urea groups is 1. The van der Waals surface area contributed by atoms with Crippen LogP contribution in [0.5, 0.6) is 0 Å². The molecular formula is C19H32N4O3. The first-order chi connectivity index (χ1) is 12.6. The fraction of sp³-hybridized carbons (Fsp3) is 0.895. The highest BCUT2D eigenvalue weighted by Gasteiger charge is 2.44. The van der Waals surface area contributed by atoms with Gasteiger partial charge in [0.2, 0.25) is 5.91 Å². The lowest BCUT2D eigenvalue weighted by Crippen LogP contribution is -2.64. The van der Waals surface area contributed by atoms with E-state index in [2.05, 4.69) is 16.8 Å². The number of carbonyl (C=O) groups excluding carboxylic acids is 2. The molecule has 1 atom stereocenters. The van der Waals surface area contributed by atoms with Crippen LogP contribution in [0.15, 0.2) is 0 Å². The van der Waals surface area contributed by atoms with E-state index in [9.17, 15) is 9.59 Å². The normalized spacial score (nSPS) is 31.4. The molecule has 3 saturated heterocycles. The van der Waals surface area contributed by atoms with Gasteiger partial charge in [-0.15, -0.1) is 0 Å². The molecule has 4 rings (SSSR count). The summed E-state index contributed by atoms with van der Waals surface area (Å²) < 4.78 is 5.38. The summed E-state index contributed by atoms with van der Waals surface area (Å²) in [5, 5.41) is 0. The zero-order valence-corrected chi connectivity index (χ0v) is 16.0. The lowest BCUT2D eigenvalue weighted by Gasteiger charge is -2.50. The molecule has 4 aliphatic rings. The fourth-order valence-electron chi connectivity index (χ4n) is 4.62. The molecule has 7 heteroatoms. The van der Waals surface area contributed by atoms with Crippen molar-refractivity contribution in [2.75, 3.05) is 66.1 Å². The molecule has 7 nitrogen and oxygen atoms in total. The first kappa shape index (κ1) is 18.0. The molecule has 0 aromatic carbocycles. The van der Waals surface area contributed by atoms with Crippen molar-refractivity contribution < 1.29 is 14.3 Å². The molecule has 0 aromatic heterocycles. The van der Waals surface area contributed by atoms with Gasteiger partial charge in [-0.05, 0) is 38.6 Å². The SMILES string of the molecule is CN1CCN(C(=O)N2CCOCC2)C[C@]12CCC(=O)N(CC1CC1)CC2. The van der Waals surface area contributed by atoms with Gasteiger partial charge in [-0.25, -0.2) is 4.79 Å². The van der Waals surface area contributed by atoms with Crippen LogP contribution in [-0.4, -0.2) is 103 Å². The summed E-state index contributed by atoms with van der Waals surface area (Å²) in [7, 11) is 2.16. The molecule has 1 saturated carbocycles. The van der Waals surface area contributed by atoms with Gasteiger partial charge in [-0.3, -0.25) is 9.69 Å². The number of nitrogens with zero attached hydrogens (tertiary/aromatic N) is 4. The van der Waals surface area contributed by atoms with Gasteiger partial charge in [0.05, 0.1) is 13.2 Å². The van der Waals surface area contributed by atoms with Gasteiger partial charge in [0.1, 0.15) is 0 Å². The largest absolute Gasteiger partial charge is 0.378 e. The summed E-state index contributed by atoms with van der Waals surface area (Å²) in [5.74, 6) is 1.04. The number of hydrogen-bond acceptors (Lipinski definition) is 4. The van der Waals surface area contributed by atoms with Crippen LogP contribution in [0.2, 0.25) is 0 Å². The molecule has 1 aliphatic carbocycles. The van der Waals surface area contributed by atoms with Gasteiger partial charge in [0.15, 0.2) is 0 Å². The number of likely N-dealkylation sites (tertiary alicyclic amines) is 1. The molecule has 0 unspecified atom stereocenters. The molecule has 4 fully saturated rings. The highest BCUT2D eigenvalue weighted by Crippen LogP contribution is 2.35. The Kier molecular flexibility index (Phi) is 5.10. The Balaban J connectivity index is 1.43. The minimum absolute atomic E-state index is 0.0614. The van der Waals surface area contributed by atoms with Crippen molar-refractivity contribution >= 4 is 11.9 Å². The summed E-state index contributed by atoms with van der Waals surface area (Å²) in [4.78, 5) is 34.0. The summed E-state index contributed by atoms with van der Waals surface area (Å²) in [5.41, 5.74) is -0.0614. The van der Waals surface area contributed by atoms with Gasteiger partial charge >= 0.3 is 6.03 Å². The fourth-order valence-corrected chi connectivity index (χ4v) is 4.62. The molecule has 146 valence electrons. The van der Waals surface area contributed by atoms with Crippen LogP contribution in [-0.2, 0) is 9.53 Å². The van der Waals surface area contributed by atoms with E-state index in [0.717, 1.165) is 51.5 Å². The Labute approximate surface area is 156 Å². The standard InChI is InChI=1S/C19H32N4O3/c1-20-8-9-23(18(25)21-10-12-26-13-11-21)15-19(20)5-4-17(24)22(7-6-19)14-16-2-3-16/h16H,2-15H2,1H3/t19-/m1/s1. The molecule has 26 heavy (non-hydrogen) atoms. The van der Waals surface area contributed by atoms with Gasteiger partial charge in [-0.2, -0.15) is 0 Å². The van der Waals surface area contributed by atoms with E-state index in [-0.39, 0.29) is 11.6 Å². The highest BCUT2D eigenvalue weighted by molar-refractivity contribution is 5.77. The first-order valence-electron chi connectivity index (χ1n) is 10.2. The third-order valence-electron chi connectivity index (χ3n) is 6.73. The van der Waals surface area contributed by atoms with Crippen LogP contribution in [0.3, 0.4) is 0 Å². The van der Waals surface area contributed by atoms with Crippen LogP contribution >= 0.6 is 0 Å². The lowest BCUT2D eigenvalue weighted by molar-refractivity contribution is -0.130. The van der Waals surface area contributed by atoms with E-state index in [1.807, 2.05) is 9.80 Å². The molecular weight excluding hydrogens is 332 g/mol. The van der Waals surface area contributed by atoms with Gasteiger partial charge in [0, 0.05) is 57.8 Å². The van der Waals surface area contributed by atoms with Gasteiger partial charge in [0.25, 0.3) is 0 Å². The van der Waals surface area contributed by atoms with E-state index in [1.165, 1.54) is 12.8 Å². The number of morpholine rings is 1. The molecule has 3 amide bonds. The van der Waals surface area contributed by atoms with Crippen molar-refractivity contribution in [1.29, 1.82) is 0 Å². The Morgan fingerprint density at radius 2 is 1.85 bits per heavy atom. The van der Waals surface area contributed by atoms with Crippen LogP contribution in [0, 0.1) is 5.92 Å². The quantitative estimate of drug-likeness (QED) is 0.729. The summed E-state index contributed by atoms with van der Waals surface area (Å²) in [6.07, 6.45) is 4.98. The smallest absolute Gasteiger partial charge is 0.320 e. The average molecular weight is 364 g/mol. The second-order valence-electron chi connectivity index (χ2n) is 8.48. The maximum absolute atomic E-state index is 13.0. The molecule has 0 radical (unpaired) electrons. The minimum Gasteiger partial charge on any atom is -0.378 e. The van der Waals surface area contributed by atoms with Crippen LogP contribution < -0.4 is 0 Å². The van der Waals surface area contributed by atoms with Crippen molar-refractivity contribution in [2.45, 2.75) is 37.6 Å². The van der Waals surface area contributed by atoms with Crippen molar-refractivity contribution in [3.05, 3.63) is 0 Å². The maximum Gasteiger partial charge on any atom is 0.320 e. The minimum atomic E-state index is -0.0614. The number of hydrogen-bond donors (Lipinski definition) is 0. The predicted octanol–water partition coefficient (Wildman–Crippen LogP) is 0.847. The van der Waals surface area contributed by atoms with Crippen LogP contribution in [0.1, 0.15) is 32.1 Å². The van der Waals surface area contributed by atoms with E-state index in [4.69, 9.17) is 4.74 Å². The second kappa shape index (κ2) is 7.35. The zero-order chi connectivity index (χ0) is 18.1. The number of carbonyl (C=O) groups is 2. The van der Waals surface area contributed by atoms with Crippen molar-refractivity contribution in [1.82, 2.24) is 19.6 Å². The summed E-state index contributed by atoms with van der Waals surface area (Å²) >= 11 is 0. The molecule has 3 heterocycles. The molecule has 0 aromatic rings. The third kappa shape index (κ3) is 3.69. The monoisotopic (exact) mass is 364 g/mol. The molecule has 1 spiro atoms. The number of amides is 3. The van der Waals surface area contributed by atoms with Crippen molar-refractivity contribution in [3.63, 3.8) is 0 Å². The maximum atomic E-state index is 13.0. The first-order valence-corrected chi connectivity index (χ1v) is 10.2. The zero-order valence-electron chi connectivity index (χ0n) is 16.0. The van der Waals surface area contributed by atoms with E-state index in [0.29, 0.717) is 38.6 Å². The molecule has 0 bridgehead atoms. The Morgan fingerprint density at radius 3 is 2.58 bits per heavy atom. The topological polar surface area (TPSA) is 56.3 Å². The van der Waals surface area contributed by atoms with Crippen LogP contribution in [0.4, 0.5) is 4.79 Å².